The molecule has 0 bridgehead atoms. The Labute approximate surface area is 184 Å². The second kappa shape index (κ2) is 9.57. The highest BCUT2D eigenvalue weighted by molar-refractivity contribution is 6.05. The van der Waals surface area contributed by atoms with Gasteiger partial charge in [-0.05, 0) is 53.3 Å². The van der Waals surface area contributed by atoms with Crippen LogP contribution in [0.15, 0.2) is 85.1 Å². The summed E-state index contributed by atoms with van der Waals surface area (Å²) >= 11 is 0. The molecule has 0 saturated carbocycles. The van der Waals surface area contributed by atoms with Gasteiger partial charge in [-0.2, -0.15) is 0 Å². The van der Waals surface area contributed by atoms with Crippen LogP contribution >= 0.6 is 0 Å². The van der Waals surface area contributed by atoms with Crippen LogP contribution in [-0.2, 0) is 0 Å². The van der Waals surface area contributed by atoms with Crippen molar-refractivity contribution in [3.05, 3.63) is 96.2 Å². The van der Waals surface area contributed by atoms with E-state index < -0.39 is 0 Å². The van der Waals surface area contributed by atoms with Gasteiger partial charge in [0.1, 0.15) is 0 Å². The molecule has 3 aromatic carbocycles. The Kier molecular flexibility index (Phi) is 6.42. The van der Waals surface area contributed by atoms with E-state index in [2.05, 4.69) is 48.4 Å². The number of fused-ring (bicyclic) bond motifs is 1. The van der Waals surface area contributed by atoms with E-state index in [9.17, 15) is 4.79 Å². The molecule has 156 valence electrons. The first-order valence-electron chi connectivity index (χ1n) is 11.0. The van der Waals surface area contributed by atoms with Crippen molar-refractivity contribution >= 4 is 22.5 Å². The number of anilines is 1. The number of unbranched alkanes of at least 4 members (excludes halogenated alkanes) is 1. The Bertz CT molecular complexity index is 1180. The predicted molar refractivity (Wildman–Crippen MR) is 130 cm³/mol. The quantitative estimate of drug-likeness (QED) is 0.345. The number of para-hydroxylation sites is 1. The lowest BCUT2D eigenvalue weighted by molar-refractivity contribution is 0.102. The summed E-state index contributed by atoms with van der Waals surface area (Å²) < 4.78 is 0. The molecule has 31 heavy (non-hydrogen) atoms. The summed E-state index contributed by atoms with van der Waals surface area (Å²) in [7, 11) is 0. The van der Waals surface area contributed by atoms with Crippen molar-refractivity contribution in [1.29, 1.82) is 0 Å². The minimum absolute atomic E-state index is 0.135. The molecule has 3 heteroatoms. The number of aromatic nitrogens is 1. The highest BCUT2D eigenvalue weighted by Crippen LogP contribution is 2.26. The van der Waals surface area contributed by atoms with Crippen LogP contribution in [0.5, 0.6) is 0 Å². The minimum Gasteiger partial charge on any atom is -0.321 e. The van der Waals surface area contributed by atoms with Crippen LogP contribution < -0.4 is 5.32 Å². The van der Waals surface area contributed by atoms with E-state index in [0.717, 1.165) is 22.0 Å². The van der Waals surface area contributed by atoms with Crippen LogP contribution in [0.25, 0.3) is 22.0 Å². The van der Waals surface area contributed by atoms with Gasteiger partial charge in [-0.1, -0.05) is 81.3 Å². The van der Waals surface area contributed by atoms with Crippen LogP contribution in [0.3, 0.4) is 0 Å². The summed E-state index contributed by atoms with van der Waals surface area (Å²) in [4.78, 5) is 17.3. The van der Waals surface area contributed by atoms with Gasteiger partial charge in [-0.25, -0.2) is 0 Å². The third-order valence-electron chi connectivity index (χ3n) is 5.78. The number of nitrogens with zero attached hydrogens (tertiary/aromatic N) is 1. The van der Waals surface area contributed by atoms with Gasteiger partial charge < -0.3 is 5.32 Å². The molecular formula is C28H28N2O. The molecule has 4 aromatic rings. The fourth-order valence-electron chi connectivity index (χ4n) is 3.86. The molecule has 3 nitrogen and oxygen atoms in total. The average Bonchev–Trinajstić information content (AvgIpc) is 2.82. The number of rotatable bonds is 7. The smallest absolute Gasteiger partial charge is 0.255 e. The fraction of sp³-hybridized carbons (Fsp3) is 0.214. The maximum atomic E-state index is 12.8. The first-order valence-corrected chi connectivity index (χ1v) is 11.0. The molecule has 0 spiro atoms. The van der Waals surface area contributed by atoms with Gasteiger partial charge in [0.2, 0.25) is 0 Å². The molecule has 0 saturated heterocycles. The molecule has 1 aromatic heterocycles. The summed E-state index contributed by atoms with van der Waals surface area (Å²) in [5, 5.41) is 3.97. The van der Waals surface area contributed by atoms with Crippen molar-refractivity contribution in [3.63, 3.8) is 0 Å². The van der Waals surface area contributed by atoms with E-state index in [4.69, 9.17) is 0 Å². The van der Waals surface area contributed by atoms with Crippen molar-refractivity contribution in [2.45, 2.75) is 39.0 Å². The van der Waals surface area contributed by atoms with Gasteiger partial charge in [0.25, 0.3) is 5.91 Å². The van der Waals surface area contributed by atoms with E-state index >= 15 is 0 Å². The Hall–Kier alpha value is -3.46. The number of hydrogen-bond donors (Lipinski definition) is 1. The van der Waals surface area contributed by atoms with Crippen molar-refractivity contribution in [3.8, 4) is 11.1 Å². The second-order valence-corrected chi connectivity index (χ2v) is 8.12. The van der Waals surface area contributed by atoms with Crippen molar-refractivity contribution in [1.82, 2.24) is 4.98 Å². The molecule has 4 rings (SSSR count). The molecule has 0 fully saturated rings. The van der Waals surface area contributed by atoms with Crippen LogP contribution in [0.1, 0.15) is 54.9 Å². The van der Waals surface area contributed by atoms with Gasteiger partial charge in [0, 0.05) is 10.9 Å². The normalized spacial score (nSPS) is 11.9. The van der Waals surface area contributed by atoms with Crippen LogP contribution in [0.4, 0.5) is 5.69 Å². The SMILES string of the molecule is CCCCC(C)c1ccc(-c2cccc(C(=O)Nc3cnc4ccccc4c3)c2)cc1. The number of benzene rings is 3. The lowest BCUT2D eigenvalue weighted by Gasteiger charge is -2.12. The Morgan fingerprint density at radius 2 is 1.74 bits per heavy atom. The number of pyridine rings is 1. The maximum Gasteiger partial charge on any atom is 0.255 e. The number of nitrogens with one attached hydrogen (secondary N) is 1. The van der Waals surface area contributed by atoms with Crippen LogP contribution in [0, 0.1) is 0 Å². The zero-order chi connectivity index (χ0) is 21.6. The molecule has 0 aliphatic heterocycles. The highest BCUT2D eigenvalue weighted by Gasteiger charge is 2.10. The number of amides is 1. The standard InChI is InChI=1S/C28H28N2O/c1-3-4-8-20(2)21-13-15-22(16-14-21)23-10-7-11-25(17-23)28(31)30-26-18-24-9-5-6-12-27(24)29-19-26/h5-7,9-20H,3-4,8H2,1-2H3,(H,30,31). The Morgan fingerprint density at radius 3 is 2.55 bits per heavy atom. The van der Waals surface area contributed by atoms with Gasteiger partial charge in [0.15, 0.2) is 0 Å². The lowest BCUT2D eigenvalue weighted by Crippen LogP contribution is -2.12. The average molecular weight is 409 g/mol. The highest BCUT2D eigenvalue weighted by atomic mass is 16.1. The van der Waals surface area contributed by atoms with Crippen molar-refractivity contribution in [2.24, 2.45) is 0 Å². The summed E-state index contributed by atoms with van der Waals surface area (Å²) in [6, 6.07) is 26.3. The van der Waals surface area contributed by atoms with E-state index in [-0.39, 0.29) is 5.91 Å². The number of hydrogen-bond acceptors (Lipinski definition) is 2. The molecule has 0 aliphatic rings. The van der Waals surface area contributed by atoms with Crippen LogP contribution in [-0.4, -0.2) is 10.9 Å². The Balaban J connectivity index is 1.50. The summed E-state index contributed by atoms with van der Waals surface area (Å²) in [5.41, 5.74) is 5.76. The molecule has 1 N–H and O–H groups in total. The molecule has 1 heterocycles. The second-order valence-electron chi connectivity index (χ2n) is 8.12. The summed E-state index contributed by atoms with van der Waals surface area (Å²) in [5.74, 6) is 0.436. The molecular weight excluding hydrogens is 380 g/mol. The first kappa shape index (κ1) is 20.8. The van der Waals surface area contributed by atoms with Crippen molar-refractivity contribution < 1.29 is 4.79 Å². The molecule has 0 aliphatic carbocycles. The van der Waals surface area contributed by atoms with Gasteiger partial charge >= 0.3 is 0 Å². The Morgan fingerprint density at radius 1 is 0.935 bits per heavy atom. The molecule has 0 radical (unpaired) electrons. The largest absolute Gasteiger partial charge is 0.321 e. The molecule has 1 atom stereocenters. The van der Waals surface area contributed by atoms with E-state index in [1.54, 1.807) is 6.20 Å². The first-order chi connectivity index (χ1) is 15.1. The minimum atomic E-state index is -0.135. The lowest BCUT2D eigenvalue weighted by atomic mass is 9.93. The van der Waals surface area contributed by atoms with Crippen LogP contribution in [0.2, 0.25) is 0 Å². The number of carbonyl (C=O) groups excluding carboxylic acids is 1. The third-order valence-corrected chi connectivity index (χ3v) is 5.78. The monoisotopic (exact) mass is 408 g/mol. The summed E-state index contributed by atoms with van der Waals surface area (Å²) in [6.07, 6.45) is 5.40. The molecule has 1 unspecified atom stereocenters. The maximum absolute atomic E-state index is 12.8. The topological polar surface area (TPSA) is 42.0 Å². The van der Waals surface area contributed by atoms with E-state index in [0.29, 0.717) is 17.2 Å². The van der Waals surface area contributed by atoms with E-state index in [1.807, 2.05) is 54.6 Å². The van der Waals surface area contributed by atoms with Gasteiger partial charge in [0.05, 0.1) is 17.4 Å². The fourth-order valence-corrected chi connectivity index (χ4v) is 3.86. The zero-order valence-corrected chi connectivity index (χ0v) is 18.1. The predicted octanol–water partition coefficient (Wildman–Crippen LogP) is 7.45. The summed E-state index contributed by atoms with van der Waals surface area (Å²) in [6.45, 7) is 4.52. The van der Waals surface area contributed by atoms with Gasteiger partial charge in [-0.3, -0.25) is 9.78 Å². The third kappa shape index (κ3) is 5.00. The molecule has 1 amide bonds. The van der Waals surface area contributed by atoms with E-state index in [1.165, 1.54) is 24.8 Å². The van der Waals surface area contributed by atoms with Crippen molar-refractivity contribution in [2.75, 3.05) is 5.32 Å². The number of carbonyl (C=O) groups is 1. The van der Waals surface area contributed by atoms with Gasteiger partial charge in [-0.15, -0.1) is 0 Å². The zero-order valence-electron chi connectivity index (χ0n) is 18.1.